The maximum absolute atomic E-state index is 5.54. The van der Waals surface area contributed by atoms with Gasteiger partial charge in [0.15, 0.2) is 0 Å². The van der Waals surface area contributed by atoms with Gasteiger partial charge in [0.1, 0.15) is 0 Å². The number of nitrogens with two attached hydrogens (primary N) is 1. The van der Waals surface area contributed by atoms with Gasteiger partial charge in [-0.05, 0) is 12.8 Å². The van der Waals surface area contributed by atoms with E-state index in [1.165, 1.54) is 64.5 Å². The average Bonchev–Trinajstić information content (AvgIpc) is 2.35. The molecule has 3 nitrogen and oxygen atoms in total. The van der Waals surface area contributed by atoms with E-state index in [1.54, 1.807) is 0 Å². The van der Waals surface area contributed by atoms with Crippen molar-refractivity contribution in [2.75, 3.05) is 26.2 Å². The third-order valence-corrected chi connectivity index (χ3v) is 3.04. The Labute approximate surface area is 108 Å². The molecule has 104 valence electrons. The molecule has 0 aliphatic heterocycles. The molecular weight excluding hydrogens is 210 g/mol. The number of unbranched alkanes of at least 4 members (excludes halogenated alkanes) is 6. The Morgan fingerprint density at radius 1 is 0.824 bits per heavy atom. The first-order valence-corrected chi connectivity index (χ1v) is 7.53. The lowest BCUT2D eigenvalue weighted by molar-refractivity contribution is 0.182. The lowest BCUT2D eigenvalue weighted by Crippen LogP contribution is -2.42. The molecule has 0 aromatic rings. The maximum atomic E-state index is 5.54. The van der Waals surface area contributed by atoms with E-state index in [0.717, 1.165) is 13.1 Å². The summed E-state index contributed by atoms with van der Waals surface area (Å²) in [6, 6.07) is 0. The number of hydrazine groups is 1. The number of hydrogen-bond acceptors (Lipinski definition) is 3. The van der Waals surface area contributed by atoms with Crippen LogP contribution in [-0.4, -0.2) is 31.2 Å². The zero-order chi connectivity index (χ0) is 12.8. The summed E-state index contributed by atoms with van der Waals surface area (Å²) >= 11 is 0. The van der Waals surface area contributed by atoms with Crippen molar-refractivity contribution in [3.63, 3.8) is 0 Å². The normalized spacial score (nSPS) is 11.3. The Bertz CT molecular complexity index is 127. The largest absolute Gasteiger partial charge is 0.329 e. The summed E-state index contributed by atoms with van der Waals surface area (Å²) < 4.78 is 0. The molecule has 0 spiro atoms. The fraction of sp³-hybridized carbons (Fsp3) is 1.00. The van der Waals surface area contributed by atoms with Gasteiger partial charge in [0.2, 0.25) is 0 Å². The van der Waals surface area contributed by atoms with Crippen LogP contribution in [0.5, 0.6) is 0 Å². The summed E-state index contributed by atoms with van der Waals surface area (Å²) in [4.78, 5) is 0. The van der Waals surface area contributed by atoms with Crippen LogP contribution >= 0.6 is 0 Å². The van der Waals surface area contributed by atoms with Crippen LogP contribution in [0.25, 0.3) is 0 Å². The van der Waals surface area contributed by atoms with Crippen LogP contribution < -0.4 is 11.2 Å². The van der Waals surface area contributed by atoms with E-state index < -0.39 is 0 Å². The standard InChI is InChI=1S/C14H33N3/c1-3-5-7-9-13-17(16-12-11-15)14-10-8-6-4-2/h16H,3-15H2,1-2H3. The predicted octanol–water partition coefficient (Wildman–Crippen LogP) is 2.91. The quantitative estimate of drug-likeness (QED) is 0.386. The van der Waals surface area contributed by atoms with Crippen molar-refractivity contribution in [2.45, 2.75) is 65.2 Å². The van der Waals surface area contributed by atoms with E-state index in [-0.39, 0.29) is 0 Å². The molecule has 0 heterocycles. The predicted molar refractivity (Wildman–Crippen MR) is 76.9 cm³/mol. The van der Waals surface area contributed by atoms with Gasteiger partial charge in [-0.2, -0.15) is 0 Å². The summed E-state index contributed by atoms with van der Waals surface area (Å²) in [5.74, 6) is 0. The van der Waals surface area contributed by atoms with Gasteiger partial charge in [-0.1, -0.05) is 52.4 Å². The zero-order valence-corrected chi connectivity index (χ0v) is 12.0. The van der Waals surface area contributed by atoms with Gasteiger partial charge in [0.25, 0.3) is 0 Å². The van der Waals surface area contributed by atoms with Crippen molar-refractivity contribution < 1.29 is 0 Å². The second-order valence-corrected chi connectivity index (χ2v) is 4.81. The number of hydrogen-bond donors (Lipinski definition) is 2. The molecule has 0 atom stereocenters. The Balaban J connectivity index is 3.56. The second kappa shape index (κ2) is 13.9. The Hall–Kier alpha value is -0.120. The van der Waals surface area contributed by atoms with Crippen molar-refractivity contribution in [3.8, 4) is 0 Å². The molecule has 0 amide bonds. The van der Waals surface area contributed by atoms with Crippen LogP contribution in [0.4, 0.5) is 0 Å². The summed E-state index contributed by atoms with van der Waals surface area (Å²) in [5.41, 5.74) is 8.97. The number of nitrogens with one attached hydrogen (secondary N) is 1. The minimum absolute atomic E-state index is 0.723. The fourth-order valence-corrected chi connectivity index (χ4v) is 1.95. The summed E-state index contributed by atoms with van der Waals surface area (Å²) in [7, 11) is 0. The molecule has 0 aliphatic rings. The highest BCUT2D eigenvalue weighted by Gasteiger charge is 2.02. The van der Waals surface area contributed by atoms with Crippen LogP contribution in [0.3, 0.4) is 0 Å². The van der Waals surface area contributed by atoms with Crippen molar-refractivity contribution in [3.05, 3.63) is 0 Å². The van der Waals surface area contributed by atoms with E-state index in [4.69, 9.17) is 5.73 Å². The molecule has 0 saturated carbocycles. The summed E-state index contributed by atoms with van der Waals surface area (Å²) in [5, 5.41) is 2.37. The molecule has 0 aromatic heterocycles. The second-order valence-electron chi connectivity index (χ2n) is 4.81. The maximum Gasteiger partial charge on any atom is 0.0225 e. The molecule has 0 saturated heterocycles. The van der Waals surface area contributed by atoms with Gasteiger partial charge in [0.05, 0.1) is 0 Å². The van der Waals surface area contributed by atoms with E-state index in [1.807, 2.05) is 0 Å². The van der Waals surface area contributed by atoms with E-state index in [9.17, 15) is 0 Å². The van der Waals surface area contributed by atoms with Crippen molar-refractivity contribution in [1.29, 1.82) is 0 Å². The third kappa shape index (κ3) is 12.1. The van der Waals surface area contributed by atoms with Gasteiger partial charge in [0, 0.05) is 26.2 Å². The van der Waals surface area contributed by atoms with Gasteiger partial charge in [-0.15, -0.1) is 0 Å². The summed E-state index contributed by atoms with van der Waals surface area (Å²) in [6.07, 6.45) is 10.7. The van der Waals surface area contributed by atoms with E-state index in [2.05, 4.69) is 24.3 Å². The Morgan fingerprint density at radius 3 is 1.76 bits per heavy atom. The van der Waals surface area contributed by atoms with Crippen LogP contribution in [0.2, 0.25) is 0 Å². The van der Waals surface area contributed by atoms with Gasteiger partial charge in [-0.3, -0.25) is 5.43 Å². The minimum atomic E-state index is 0.723. The molecule has 0 aromatic carbocycles. The molecule has 0 rings (SSSR count). The first-order chi connectivity index (χ1) is 8.35. The zero-order valence-electron chi connectivity index (χ0n) is 12.0. The molecule has 0 fully saturated rings. The molecule has 0 bridgehead atoms. The highest BCUT2D eigenvalue weighted by molar-refractivity contribution is 4.55. The highest BCUT2D eigenvalue weighted by Crippen LogP contribution is 2.03. The SMILES string of the molecule is CCCCCCN(CCCCCC)NCCN. The smallest absolute Gasteiger partial charge is 0.0225 e. The number of rotatable bonds is 13. The topological polar surface area (TPSA) is 41.3 Å². The molecule has 0 aliphatic carbocycles. The van der Waals surface area contributed by atoms with Gasteiger partial charge in [-0.25, -0.2) is 5.01 Å². The molecular formula is C14H33N3. The average molecular weight is 243 g/mol. The van der Waals surface area contributed by atoms with E-state index >= 15 is 0 Å². The fourth-order valence-electron chi connectivity index (χ4n) is 1.95. The molecule has 3 N–H and O–H groups in total. The molecule has 3 heteroatoms. The highest BCUT2D eigenvalue weighted by atomic mass is 15.5. The summed E-state index contributed by atoms with van der Waals surface area (Å²) in [6.45, 7) is 8.49. The monoisotopic (exact) mass is 243 g/mol. The number of nitrogens with zero attached hydrogens (tertiary/aromatic N) is 1. The first kappa shape index (κ1) is 16.9. The van der Waals surface area contributed by atoms with Gasteiger partial charge >= 0.3 is 0 Å². The van der Waals surface area contributed by atoms with Crippen LogP contribution in [0, 0.1) is 0 Å². The lowest BCUT2D eigenvalue weighted by atomic mass is 10.2. The van der Waals surface area contributed by atoms with Crippen molar-refractivity contribution >= 4 is 0 Å². The van der Waals surface area contributed by atoms with Crippen LogP contribution in [-0.2, 0) is 0 Å². The van der Waals surface area contributed by atoms with E-state index in [0.29, 0.717) is 0 Å². The Morgan fingerprint density at radius 2 is 1.35 bits per heavy atom. The van der Waals surface area contributed by atoms with Crippen molar-refractivity contribution in [2.24, 2.45) is 5.73 Å². The third-order valence-electron chi connectivity index (χ3n) is 3.04. The lowest BCUT2D eigenvalue weighted by Gasteiger charge is -2.23. The molecule has 0 radical (unpaired) electrons. The van der Waals surface area contributed by atoms with Crippen LogP contribution in [0.15, 0.2) is 0 Å². The Kier molecular flexibility index (Phi) is 13.8. The first-order valence-electron chi connectivity index (χ1n) is 7.53. The molecule has 17 heavy (non-hydrogen) atoms. The minimum Gasteiger partial charge on any atom is -0.329 e. The molecule has 0 unspecified atom stereocenters. The van der Waals surface area contributed by atoms with Gasteiger partial charge < -0.3 is 5.73 Å². The van der Waals surface area contributed by atoms with Crippen molar-refractivity contribution in [1.82, 2.24) is 10.4 Å². The van der Waals surface area contributed by atoms with Crippen LogP contribution in [0.1, 0.15) is 65.2 Å².